The number of halogens is 4. The van der Waals surface area contributed by atoms with Crippen LogP contribution in [-0.4, -0.2) is 37.4 Å². The van der Waals surface area contributed by atoms with Crippen LogP contribution in [0.1, 0.15) is 12.0 Å². The van der Waals surface area contributed by atoms with E-state index >= 15 is 0 Å². The molecule has 1 atom stereocenters. The molecule has 1 saturated heterocycles. The maximum absolute atomic E-state index is 13.0. The standard InChI is InChI=1S/C14H16F4N2O2/c15-12(16)7-22-10-3-1-2-9(4-10)6-19-13(21)11-5-14(17,18)8-20-11/h1-4,11-12,20H,5-8H2,(H,19,21). The number of amides is 1. The predicted octanol–water partition coefficient (Wildman–Crippen LogP) is 1.94. The Labute approximate surface area is 124 Å². The van der Waals surface area contributed by atoms with Gasteiger partial charge in [0.25, 0.3) is 12.3 Å². The van der Waals surface area contributed by atoms with Gasteiger partial charge in [0.1, 0.15) is 12.4 Å². The minimum Gasteiger partial charge on any atom is -0.488 e. The van der Waals surface area contributed by atoms with Crippen LogP contribution in [0.5, 0.6) is 5.75 Å². The van der Waals surface area contributed by atoms with Gasteiger partial charge in [-0.15, -0.1) is 0 Å². The first kappa shape index (κ1) is 16.5. The molecule has 1 unspecified atom stereocenters. The van der Waals surface area contributed by atoms with Crippen molar-refractivity contribution >= 4 is 5.91 Å². The fourth-order valence-corrected chi connectivity index (χ4v) is 2.12. The van der Waals surface area contributed by atoms with E-state index in [1.54, 1.807) is 12.1 Å². The lowest BCUT2D eigenvalue weighted by molar-refractivity contribution is -0.123. The van der Waals surface area contributed by atoms with E-state index in [0.717, 1.165) is 0 Å². The van der Waals surface area contributed by atoms with Gasteiger partial charge in [0.15, 0.2) is 0 Å². The summed E-state index contributed by atoms with van der Waals surface area (Å²) in [6.45, 7) is -1.12. The maximum atomic E-state index is 13.0. The molecule has 0 bridgehead atoms. The third-order valence-corrected chi connectivity index (χ3v) is 3.17. The average molecular weight is 320 g/mol. The van der Waals surface area contributed by atoms with E-state index < -0.39 is 43.9 Å². The molecule has 0 saturated carbocycles. The van der Waals surface area contributed by atoms with Crippen molar-refractivity contribution in [1.29, 1.82) is 0 Å². The van der Waals surface area contributed by atoms with Gasteiger partial charge < -0.3 is 10.1 Å². The molecule has 0 aliphatic carbocycles. The molecule has 1 heterocycles. The van der Waals surface area contributed by atoms with Gasteiger partial charge in [-0.2, -0.15) is 0 Å². The van der Waals surface area contributed by atoms with Crippen molar-refractivity contribution in [2.45, 2.75) is 31.4 Å². The number of alkyl halides is 4. The fourth-order valence-electron chi connectivity index (χ4n) is 2.12. The second-order valence-electron chi connectivity index (χ2n) is 5.06. The second kappa shape index (κ2) is 6.95. The van der Waals surface area contributed by atoms with E-state index in [-0.39, 0.29) is 12.3 Å². The summed E-state index contributed by atoms with van der Waals surface area (Å²) in [6, 6.07) is 5.39. The lowest BCUT2D eigenvalue weighted by Crippen LogP contribution is -2.40. The Balaban J connectivity index is 1.84. The van der Waals surface area contributed by atoms with Crippen molar-refractivity contribution in [2.75, 3.05) is 13.2 Å². The Kier molecular flexibility index (Phi) is 5.23. The molecular weight excluding hydrogens is 304 g/mol. The van der Waals surface area contributed by atoms with Gasteiger partial charge in [0, 0.05) is 13.0 Å². The Bertz CT molecular complexity index is 525. The summed E-state index contributed by atoms with van der Waals surface area (Å²) >= 11 is 0. The van der Waals surface area contributed by atoms with E-state index in [1.807, 2.05) is 0 Å². The van der Waals surface area contributed by atoms with Gasteiger partial charge in [-0.3, -0.25) is 10.1 Å². The van der Waals surface area contributed by atoms with Gasteiger partial charge in [-0.05, 0) is 17.7 Å². The third kappa shape index (κ3) is 4.87. The van der Waals surface area contributed by atoms with Crippen LogP contribution < -0.4 is 15.4 Å². The van der Waals surface area contributed by atoms with Crippen LogP contribution in [0.25, 0.3) is 0 Å². The first-order chi connectivity index (χ1) is 10.4. The Morgan fingerprint density at radius 2 is 2.23 bits per heavy atom. The SMILES string of the molecule is O=C(NCc1cccc(OCC(F)F)c1)C1CC(F)(F)CN1. The lowest BCUT2D eigenvalue weighted by Gasteiger charge is -2.12. The van der Waals surface area contributed by atoms with Crippen LogP contribution in [0.3, 0.4) is 0 Å². The second-order valence-corrected chi connectivity index (χ2v) is 5.06. The number of carbonyl (C=O) groups is 1. The van der Waals surface area contributed by atoms with Crippen LogP contribution in [-0.2, 0) is 11.3 Å². The van der Waals surface area contributed by atoms with E-state index in [1.165, 1.54) is 12.1 Å². The Hall–Kier alpha value is -1.83. The van der Waals surface area contributed by atoms with Crippen LogP contribution in [0.15, 0.2) is 24.3 Å². The quantitative estimate of drug-likeness (QED) is 0.788. The van der Waals surface area contributed by atoms with Crippen molar-refractivity contribution in [3.8, 4) is 5.75 Å². The van der Waals surface area contributed by atoms with E-state index in [9.17, 15) is 22.4 Å². The number of hydrogen-bond acceptors (Lipinski definition) is 3. The molecule has 1 amide bonds. The lowest BCUT2D eigenvalue weighted by atomic mass is 10.1. The summed E-state index contributed by atoms with van der Waals surface area (Å²) in [5.74, 6) is -3.13. The van der Waals surface area contributed by atoms with E-state index in [2.05, 4.69) is 10.6 Å². The molecule has 122 valence electrons. The molecule has 1 fully saturated rings. The molecule has 2 N–H and O–H groups in total. The molecular formula is C14H16F4N2O2. The van der Waals surface area contributed by atoms with Gasteiger partial charge >= 0.3 is 0 Å². The van der Waals surface area contributed by atoms with E-state index in [0.29, 0.717) is 5.56 Å². The number of hydrogen-bond donors (Lipinski definition) is 2. The van der Waals surface area contributed by atoms with Crippen molar-refractivity contribution in [2.24, 2.45) is 0 Å². The predicted molar refractivity (Wildman–Crippen MR) is 71.1 cm³/mol. The number of carbonyl (C=O) groups excluding carboxylic acids is 1. The highest BCUT2D eigenvalue weighted by Crippen LogP contribution is 2.25. The van der Waals surface area contributed by atoms with Crippen LogP contribution in [0.2, 0.25) is 0 Å². The van der Waals surface area contributed by atoms with Crippen LogP contribution >= 0.6 is 0 Å². The normalized spacial score (nSPS) is 20.1. The molecule has 1 aliphatic heterocycles. The molecule has 1 aromatic carbocycles. The zero-order valence-electron chi connectivity index (χ0n) is 11.6. The van der Waals surface area contributed by atoms with Crippen molar-refractivity contribution < 1.29 is 27.1 Å². The molecule has 1 aromatic rings. The summed E-state index contributed by atoms with van der Waals surface area (Å²) in [6.07, 6.45) is -3.10. The summed E-state index contributed by atoms with van der Waals surface area (Å²) in [4.78, 5) is 11.8. The summed E-state index contributed by atoms with van der Waals surface area (Å²) < 4.78 is 55.0. The minimum absolute atomic E-state index is 0.106. The topological polar surface area (TPSA) is 50.4 Å². The van der Waals surface area contributed by atoms with Gasteiger partial charge in [0.2, 0.25) is 5.91 Å². The van der Waals surface area contributed by atoms with Crippen molar-refractivity contribution in [3.05, 3.63) is 29.8 Å². The highest BCUT2D eigenvalue weighted by molar-refractivity contribution is 5.82. The Morgan fingerprint density at radius 1 is 1.45 bits per heavy atom. The molecule has 8 heteroatoms. The number of rotatable bonds is 6. The molecule has 1 aliphatic rings. The monoisotopic (exact) mass is 320 g/mol. The smallest absolute Gasteiger partial charge is 0.272 e. The largest absolute Gasteiger partial charge is 0.488 e. The summed E-state index contributed by atoms with van der Waals surface area (Å²) in [5.41, 5.74) is 0.630. The molecule has 2 rings (SSSR count). The third-order valence-electron chi connectivity index (χ3n) is 3.17. The number of nitrogens with one attached hydrogen (secondary N) is 2. The van der Waals surface area contributed by atoms with Gasteiger partial charge in [-0.1, -0.05) is 12.1 Å². The molecule has 22 heavy (non-hydrogen) atoms. The maximum Gasteiger partial charge on any atom is 0.272 e. The highest BCUT2D eigenvalue weighted by atomic mass is 19.3. The average Bonchev–Trinajstić information content (AvgIpc) is 2.83. The zero-order valence-corrected chi connectivity index (χ0v) is 11.6. The summed E-state index contributed by atoms with van der Waals surface area (Å²) in [5, 5.41) is 4.99. The first-order valence-corrected chi connectivity index (χ1v) is 6.74. The first-order valence-electron chi connectivity index (χ1n) is 6.74. The number of ether oxygens (including phenoxy) is 1. The van der Waals surface area contributed by atoms with Crippen molar-refractivity contribution in [3.63, 3.8) is 0 Å². The highest BCUT2D eigenvalue weighted by Gasteiger charge is 2.42. The summed E-state index contributed by atoms with van der Waals surface area (Å²) in [7, 11) is 0. The zero-order chi connectivity index (χ0) is 16.2. The van der Waals surface area contributed by atoms with E-state index in [4.69, 9.17) is 4.74 Å². The molecule has 0 aromatic heterocycles. The minimum atomic E-state index is -2.87. The molecule has 0 radical (unpaired) electrons. The van der Waals surface area contributed by atoms with Crippen molar-refractivity contribution in [1.82, 2.24) is 10.6 Å². The molecule has 0 spiro atoms. The van der Waals surface area contributed by atoms with Crippen LogP contribution in [0.4, 0.5) is 17.6 Å². The van der Waals surface area contributed by atoms with Gasteiger partial charge in [-0.25, -0.2) is 17.6 Å². The van der Waals surface area contributed by atoms with Crippen LogP contribution in [0, 0.1) is 0 Å². The number of benzene rings is 1. The van der Waals surface area contributed by atoms with Gasteiger partial charge in [0.05, 0.1) is 12.6 Å². The molecule has 4 nitrogen and oxygen atoms in total. The fraction of sp³-hybridized carbons (Fsp3) is 0.500. The Morgan fingerprint density at radius 3 is 2.86 bits per heavy atom.